The van der Waals surface area contributed by atoms with E-state index in [-0.39, 0.29) is 11.5 Å². The molecule has 0 fully saturated rings. The zero-order valence-corrected chi connectivity index (χ0v) is 11.4. The summed E-state index contributed by atoms with van der Waals surface area (Å²) in [6, 6.07) is 5.93. The zero-order chi connectivity index (χ0) is 13.9. The highest BCUT2D eigenvalue weighted by Crippen LogP contribution is 2.21. The van der Waals surface area contributed by atoms with E-state index < -0.39 is 16.1 Å². The molecule has 0 spiro atoms. The highest BCUT2D eigenvalue weighted by Gasteiger charge is 2.26. The molecule has 1 aromatic carbocycles. The van der Waals surface area contributed by atoms with Crippen LogP contribution in [-0.2, 0) is 10.0 Å². The Balaban J connectivity index is 3.33. The third kappa shape index (κ3) is 2.70. The van der Waals surface area contributed by atoms with Gasteiger partial charge < -0.3 is 5.11 Å². The van der Waals surface area contributed by atoms with Gasteiger partial charge in [-0.15, -0.1) is 0 Å². The maximum atomic E-state index is 12.3. The molecule has 1 N–H and O–H groups in total. The molecule has 0 saturated carbocycles. The van der Waals surface area contributed by atoms with Gasteiger partial charge in [0, 0.05) is 13.1 Å². The second kappa shape index (κ2) is 5.48. The first-order chi connectivity index (χ1) is 8.34. The molecule has 0 aromatic heterocycles. The highest BCUT2D eigenvalue weighted by molar-refractivity contribution is 7.89. The van der Waals surface area contributed by atoms with E-state index in [1.165, 1.54) is 13.1 Å². The lowest BCUT2D eigenvalue weighted by molar-refractivity contribution is 0.214. The Bertz CT molecular complexity index is 575. The minimum absolute atomic E-state index is 0.101. The molecular weight excluding hydrogens is 252 g/mol. The van der Waals surface area contributed by atoms with Crippen molar-refractivity contribution in [2.45, 2.75) is 24.8 Å². The smallest absolute Gasteiger partial charge is 0.243 e. The topological polar surface area (TPSA) is 81.4 Å². The molecule has 0 aliphatic rings. The molecule has 0 aliphatic carbocycles. The fourth-order valence-corrected chi connectivity index (χ4v) is 3.06. The summed E-state index contributed by atoms with van der Waals surface area (Å²) >= 11 is 0. The fraction of sp³-hybridized carbons (Fsp3) is 0.417. The molecule has 98 valence electrons. The first-order valence-corrected chi connectivity index (χ1v) is 6.88. The molecule has 1 aromatic rings. The average Bonchev–Trinajstić information content (AvgIpc) is 2.37. The molecule has 5 nitrogen and oxygen atoms in total. The van der Waals surface area contributed by atoms with E-state index in [4.69, 9.17) is 10.4 Å². The van der Waals surface area contributed by atoms with Crippen molar-refractivity contribution in [3.8, 4) is 6.07 Å². The summed E-state index contributed by atoms with van der Waals surface area (Å²) < 4.78 is 25.8. The largest absolute Gasteiger partial charge is 0.395 e. The Morgan fingerprint density at radius 2 is 2.11 bits per heavy atom. The Morgan fingerprint density at radius 1 is 1.50 bits per heavy atom. The predicted octanol–water partition coefficient (Wildman–Crippen LogP) is 0.868. The van der Waals surface area contributed by atoms with Gasteiger partial charge in [-0.2, -0.15) is 9.57 Å². The summed E-state index contributed by atoms with van der Waals surface area (Å²) in [5.41, 5.74) is 0.871. The maximum absolute atomic E-state index is 12.3. The highest BCUT2D eigenvalue weighted by atomic mass is 32.2. The van der Waals surface area contributed by atoms with Gasteiger partial charge in [-0.1, -0.05) is 6.07 Å². The van der Waals surface area contributed by atoms with Gasteiger partial charge in [0.15, 0.2) is 0 Å². The van der Waals surface area contributed by atoms with Crippen LogP contribution in [0.2, 0.25) is 0 Å². The molecule has 6 heteroatoms. The van der Waals surface area contributed by atoms with Crippen LogP contribution in [0.3, 0.4) is 0 Å². The molecule has 18 heavy (non-hydrogen) atoms. The van der Waals surface area contributed by atoms with Gasteiger partial charge in [0.05, 0.1) is 23.1 Å². The third-order valence-electron chi connectivity index (χ3n) is 2.86. The molecular formula is C12H16N2O3S. The standard InChI is InChI=1S/C12H16N2O3S/c1-9-4-5-11(7-13)6-12(9)18(16,17)14(3)10(2)8-15/h4-6,10,15H,8H2,1-3H3. The number of benzene rings is 1. The fourth-order valence-electron chi connectivity index (χ4n) is 1.45. The van der Waals surface area contributed by atoms with E-state index in [0.717, 1.165) is 4.31 Å². The minimum Gasteiger partial charge on any atom is -0.395 e. The predicted molar refractivity (Wildman–Crippen MR) is 67.4 cm³/mol. The van der Waals surface area contributed by atoms with Crippen molar-refractivity contribution in [1.82, 2.24) is 4.31 Å². The van der Waals surface area contributed by atoms with E-state index in [0.29, 0.717) is 11.1 Å². The lowest BCUT2D eigenvalue weighted by Gasteiger charge is -2.23. The van der Waals surface area contributed by atoms with E-state index in [1.54, 1.807) is 26.0 Å². The lowest BCUT2D eigenvalue weighted by Crippen LogP contribution is -2.37. The second-order valence-corrected chi connectivity index (χ2v) is 6.11. The van der Waals surface area contributed by atoms with E-state index in [1.807, 2.05) is 6.07 Å². The van der Waals surface area contributed by atoms with Crippen molar-refractivity contribution >= 4 is 10.0 Å². The third-order valence-corrected chi connectivity index (χ3v) is 4.97. The number of nitriles is 1. The number of nitrogens with zero attached hydrogens (tertiary/aromatic N) is 2. The number of hydrogen-bond acceptors (Lipinski definition) is 4. The Hall–Kier alpha value is -1.42. The van der Waals surface area contributed by atoms with E-state index >= 15 is 0 Å². The summed E-state index contributed by atoms with van der Waals surface area (Å²) in [6.45, 7) is 3.03. The number of rotatable bonds is 4. The SMILES string of the molecule is Cc1ccc(C#N)cc1S(=O)(=O)N(C)C(C)CO. The molecule has 0 saturated heterocycles. The quantitative estimate of drug-likeness (QED) is 0.878. The molecule has 1 atom stereocenters. The van der Waals surface area contributed by atoms with Gasteiger partial charge in [-0.25, -0.2) is 8.42 Å². The minimum atomic E-state index is -3.69. The van der Waals surface area contributed by atoms with Crippen LogP contribution in [0.5, 0.6) is 0 Å². The molecule has 0 heterocycles. The summed E-state index contributed by atoms with van der Waals surface area (Å²) in [4.78, 5) is 0.101. The van der Waals surface area contributed by atoms with Crippen LogP contribution in [0, 0.1) is 18.3 Å². The number of hydrogen-bond donors (Lipinski definition) is 1. The van der Waals surface area contributed by atoms with Crippen molar-refractivity contribution in [2.75, 3.05) is 13.7 Å². The van der Waals surface area contributed by atoms with Crippen molar-refractivity contribution in [2.24, 2.45) is 0 Å². The normalized spacial score (nSPS) is 13.3. The van der Waals surface area contributed by atoms with Crippen LogP contribution in [0.4, 0.5) is 0 Å². The van der Waals surface area contributed by atoms with Crippen molar-refractivity contribution in [3.05, 3.63) is 29.3 Å². The van der Waals surface area contributed by atoms with Gasteiger partial charge in [-0.3, -0.25) is 0 Å². The summed E-state index contributed by atoms with van der Waals surface area (Å²) in [5.74, 6) is 0. The molecule has 1 unspecified atom stereocenters. The Morgan fingerprint density at radius 3 is 2.61 bits per heavy atom. The van der Waals surface area contributed by atoms with Crippen molar-refractivity contribution in [3.63, 3.8) is 0 Å². The van der Waals surface area contributed by atoms with Gasteiger partial charge >= 0.3 is 0 Å². The molecule has 1 rings (SSSR count). The number of aliphatic hydroxyl groups is 1. The van der Waals surface area contributed by atoms with E-state index in [9.17, 15) is 8.42 Å². The monoisotopic (exact) mass is 268 g/mol. The molecule has 0 amide bonds. The van der Waals surface area contributed by atoms with Crippen LogP contribution in [0.1, 0.15) is 18.1 Å². The first-order valence-electron chi connectivity index (χ1n) is 5.44. The zero-order valence-electron chi connectivity index (χ0n) is 10.6. The summed E-state index contributed by atoms with van der Waals surface area (Å²) in [5, 5.41) is 17.8. The molecule has 0 bridgehead atoms. The maximum Gasteiger partial charge on any atom is 0.243 e. The Kier molecular flexibility index (Phi) is 4.46. The Labute approximate surface area is 107 Å². The van der Waals surface area contributed by atoms with Crippen LogP contribution < -0.4 is 0 Å². The van der Waals surface area contributed by atoms with Crippen molar-refractivity contribution < 1.29 is 13.5 Å². The van der Waals surface area contributed by atoms with Gasteiger partial charge in [-0.05, 0) is 31.5 Å². The molecule has 0 radical (unpaired) electrons. The van der Waals surface area contributed by atoms with Crippen LogP contribution >= 0.6 is 0 Å². The molecule has 0 aliphatic heterocycles. The number of likely N-dealkylation sites (N-methyl/N-ethyl adjacent to an activating group) is 1. The van der Waals surface area contributed by atoms with Gasteiger partial charge in [0.25, 0.3) is 0 Å². The van der Waals surface area contributed by atoms with Crippen LogP contribution in [0.15, 0.2) is 23.1 Å². The summed E-state index contributed by atoms with van der Waals surface area (Å²) in [7, 11) is -2.28. The van der Waals surface area contributed by atoms with Crippen LogP contribution in [-0.4, -0.2) is 37.5 Å². The first kappa shape index (κ1) is 14.6. The summed E-state index contributed by atoms with van der Waals surface area (Å²) in [6.07, 6.45) is 0. The van der Waals surface area contributed by atoms with Gasteiger partial charge in [0.2, 0.25) is 10.0 Å². The number of sulfonamides is 1. The number of aliphatic hydroxyl groups excluding tert-OH is 1. The lowest BCUT2D eigenvalue weighted by atomic mass is 10.2. The second-order valence-electron chi connectivity index (χ2n) is 4.14. The average molecular weight is 268 g/mol. The number of aryl methyl sites for hydroxylation is 1. The van der Waals surface area contributed by atoms with E-state index in [2.05, 4.69) is 0 Å². The van der Waals surface area contributed by atoms with Crippen LogP contribution in [0.25, 0.3) is 0 Å². The van der Waals surface area contributed by atoms with Gasteiger partial charge in [0.1, 0.15) is 0 Å². The van der Waals surface area contributed by atoms with Crippen molar-refractivity contribution in [1.29, 1.82) is 5.26 Å².